The predicted octanol–water partition coefficient (Wildman–Crippen LogP) is 5.22. The van der Waals surface area contributed by atoms with Crippen molar-refractivity contribution in [2.24, 2.45) is 5.41 Å². The van der Waals surface area contributed by atoms with Gasteiger partial charge in [0, 0.05) is 66.7 Å². The van der Waals surface area contributed by atoms with Gasteiger partial charge in [0.15, 0.2) is 0 Å². The van der Waals surface area contributed by atoms with Crippen molar-refractivity contribution < 1.29 is 4.74 Å². The second kappa shape index (κ2) is 8.12. The van der Waals surface area contributed by atoms with E-state index < -0.39 is 0 Å². The number of fused-ring (bicyclic) bond motifs is 1. The maximum atomic E-state index is 6.30. The average Bonchev–Trinajstić information content (AvgIpc) is 3.18. The molecule has 1 N–H and O–H groups in total. The van der Waals surface area contributed by atoms with E-state index in [0.29, 0.717) is 26.8 Å². The summed E-state index contributed by atoms with van der Waals surface area (Å²) >= 11 is 12.6. The summed E-state index contributed by atoms with van der Waals surface area (Å²) in [6, 6.07) is 10.0. The molecule has 6 rings (SSSR count). The Labute approximate surface area is 207 Å². The highest BCUT2D eigenvalue weighted by Crippen LogP contribution is 2.41. The molecule has 4 aromatic rings. The number of hydrogen-bond donors (Lipinski definition) is 1. The second-order valence-electron chi connectivity index (χ2n) is 9.49. The zero-order chi connectivity index (χ0) is 23.4. The highest BCUT2D eigenvalue weighted by atomic mass is 35.5. The van der Waals surface area contributed by atoms with Crippen LogP contribution in [0.3, 0.4) is 0 Å². The highest BCUT2D eigenvalue weighted by molar-refractivity contribution is 6.35. The third kappa shape index (κ3) is 3.68. The third-order valence-electron chi connectivity index (χ3n) is 6.75. The van der Waals surface area contributed by atoms with E-state index in [1.807, 2.05) is 31.3 Å². The van der Waals surface area contributed by atoms with E-state index >= 15 is 0 Å². The molecule has 0 amide bonds. The standard InChI is InChI=1S/C25H24Cl2N6O/c1-15(23-19(26)9-28-10-20(23)27)34-17-4-5-21-18(7-17)24(31-30-21)16-3-6-22(29-8-16)33-13-25(14-33)11-32(2)12-25/h3-10,15H,11-14H2,1-2H3,(H,30,31)/t15-/m1/s1. The first kappa shape index (κ1) is 21.6. The number of nitrogens with one attached hydrogen (secondary N) is 1. The topological polar surface area (TPSA) is 70.2 Å². The number of rotatable bonds is 5. The molecule has 1 atom stereocenters. The molecule has 2 aliphatic rings. The van der Waals surface area contributed by atoms with Crippen LogP contribution in [0.2, 0.25) is 10.0 Å². The SMILES string of the molecule is C[C@@H](Oc1ccc2[nH]nc(-c3ccc(N4CC5(CN(C)C5)C4)nc3)c2c1)c1c(Cl)cncc1Cl. The van der Waals surface area contributed by atoms with Crippen molar-refractivity contribution in [3.8, 4) is 17.0 Å². The molecule has 5 heterocycles. The lowest BCUT2D eigenvalue weighted by molar-refractivity contribution is -0.00279. The summed E-state index contributed by atoms with van der Waals surface area (Å²) in [5, 5.41) is 9.58. The monoisotopic (exact) mass is 494 g/mol. The second-order valence-corrected chi connectivity index (χ2v) is 10.3. The first-order chi connectivity index (χ1) is 16.4. The van der Waals surface area contributed by atoms with Crippen molar-refractivity contribution in [2.45, 2.75) is 13.0 Å². The summed E-state index contributed by atoms with van der Waals surface area (Å²) in [5.74, 6) is 1.72. The molecular formula is C25H24Cl2N6O. The van der Waals surface area contributed by atoms with Crippen LogP contribution in [0.25, 0.3) is 22.2 Å². The molecule has 2 fully saturated rings. The minimum absolute atomic E-state index is 0.341. The van der Waals surface area contributed by atoms with Gasteiger partial charge in [-0.05, 0) is 44.3 Å². The minimum atomic E-state index is -0.341. The van der Waals surface area contributed by atoms with E-state index in [-0.39, 0.29) is 6.10 Å². The average molecular weight is 495 g/mol. The predicted molar refractivity (Wildman–Crippen MR) is 135 cm³/mol. The quantitative estimate of drug-likeness (QED) is 0.410. The number of benzene rings is 1. The molecule has 0 bridgehead atoms. The number of H-pyrrole nitrogens is 1. The summed E-state index contributed by atoms with van der Waals surface area (Å²) < 4.78 is 6.18. The minimum Gasteiger partial charge on any atom is -0.486 e. The fourth-order valence-electron chi connectivity index (χ4n) is 5.30. The highest BCUT2D eigenvalue weighted by Gasteiger charge is 2.50. The van der Waals surface area contributed by atoms with Gasteiger partial charge >= 0.3 is 0 Å². The normalized spacial score (nSPS) is 18.1. The number of aromatic nitrogens is 4. The number of hydrogen-bond acceptors (Lipinski definition) is 6. The zero-order valence-corrected chi connectivity index (χ0v) is 20.4. The van der Waals surface area contributed by atoms with E-state index in [1.165, 1.54) is 13.1 Å². The number of likely N-dealkylation sites (tertiary alicyclic amines) is 1. The molecule has 0 radical (unpaired) electrons. The van der Waals surface area contributed by atoms with Gasteiger partial charge in [-0.2, -0.15) is 5.10 Å². The smallest absolute Gasteiger partial charge is 0.128 e. The zero-order valence-electron chi connectivity index (χ0n) is 18.9. The van der Waals surface area contributed by atoms with E-state index in [2.05, 4.69) is 44.2 Å². The Kier molecular flexibility index (Phi) is 5.17. The molecule has 2 aliphatic heterocycles. The third-order valence-corrected chi connectivity index (χ3v) is 7.35. The van der Waals surface area contributed by atoms with Crippen LogP contribution in [0.5, 0.6) is 5.75 Å². The summed E-state index contributed by atoms with van der Waals surface area (Å²) in [5.41, 5.74) is 3.92. The lowest BCUT2D eigenvalue weighted by Crippen LogP contribution is -2.71. The molecule has 0 aliphatic carbocycles. The number of ether oxygens (including phenoxy) is 1. The first-order valence-corrected chi connectivity index (χ1v) is 12.0. The molecule has 34 heavy (non-hydrogen) atoms. The molecule has 0 saturated carbocycles. The van der Waals surface area contributed by atoms with Gasteiger partial charge in [0.2, 0.25) is 0 Å². The van der Waals surface area contributed by atoms with Crippen LogP contribution >= 0.6 is 23.2 Å². The van der Waals surface area contributed by atoms with Crippen molar-refractivity contribution in [2.75, 3.05) is 38.1 Å². The maximum Gasteiger partial charge on any atom is 0.128 e. The fraction of sp³-hybridized carbons (Fsp3) is 0.320. The van der Waals surface area contributed by atoms with Crippen LogP contribution in [0.4, 0.5) is 5.82 Å². The van der Waals surface area contributed by atoms with Gasteiger partial charge in [0.1, 0.15) is 23.4 Å². The van der Waals surface area contributed by atoms with Crippen LogP contribution in [0.1, 0.15) is 18.6 Å². The number of anilines is 1. The molecule has 2 saturated heterocycles. The van der Waals surface area contributed by atoms with E-state index in [9.17, 15) is 0 Å². The van der Waals surface area contributed by atoms with Gasteiger partial charge in [0.05, 0.1) is 15.6 Å². The van der Waals surface area contributed by atoms with Gasteiger partial charge in [-0.1, -0.05) is 23.2 Å². The Morgan fingerprint density at radius 1 is 1.03 bits per heavy atom. The van der Waals surface area contributed by atoms with E-state index in [1.54, 1.807) is 12.4 Å². The van der Waals surface area contributed by atoms with Crippen molar-refractivity contribution in [3.05, 3.63) is 64.5 Å². The van der Waals surface area contributed by atoms with Gasteiger partial charge in [-0.3, -0.25) is 10.1 Å². The Bertz CT molecular complexity index is 1340. The molecule has 1 spiro atoms. The summed E-state index contributed by atoms with van der Waals surface area (Å²) in [6.45, 7) is 6.45. The number of halogens is 2. The molecule has 0 unspecified atom stereocenters. The van der Waals surface area contributed by atoms with Gasteiger partial charge in [-0.15, -0.1) is 0 Å². The van der Waals surface area contributed by atoms with Crippen LogP contribution in [0.15, 0.2) is 48.9 Å². The number of pyridine rings is 2. The first-order valence-electron chi connectivity index (χ1n) is 11.2. The van der Waals surface area contributed by atoms with Gasteiger partial charge in [0.25, 0.3) is 0 Å². The molecule has 1 aromatic carbocycles. The van der Waals surface area contributed by atoms with Crippen molar-refractivity contribution >= 4 is 39.9 Å². The van der Waals surface area contributed by atoms with Crippen molar-refractivity contribution in [1.82, 2.24) is 25.1 Å². The van der Waals surface area contributed by atoms with Crippen LogP contribution in [-0.2, 0) is 0 Å². The molecule has 3 aromatic heterocycles. The van der Waals surface area contributed by atoms with Crippen LogP contribution in [0, 0.1) is 5.41 Å². The van der Waals surface area contributed by atoms with Gasteiger partial charge < -0.3 is 14.5 Å². The summed E-state index contributed by atoms with van der Waals surface area (Å²) in [6.07, 6.45) is 4.70. The summed E-state index contributed by atoms with van der Waals surface area (Å²) in [7, 11) is 2.18. The number of nitrogens with zero attached hydrogens (tertiary/aromatic N) is 5. The molecular weight excluding hydrogens is 471 g/mol. The van der Waals surface area contributed by atoms with Crippen LogP contribution in [-0.4, -0.2) is 58.3 Å². The molecule has 9 heteroatoms. The Morgan fingerprint density at radius 3 is 2.47 bits per heavy atom. The van der Waals surface area contributed by atoms with Crippen molar-refractivity contribution in [1.29, 1.82) is 0 Å². The Morgan fingerprint density at radius 2 is 1.79 bits per heavy atom. The summed E-state index contributed by atoms with van der Waals surface area (Å²) in [4.78, 5) is 13.5. The largest absolute Gasteiger partial charge is 0.486 e. The van der Waals surface area contributed by atoms with Crippen LogP contribution < -0.4 is 9.64 Å². The number of aromatic amines is 1. The lowest BCUT2D eigenvalue weighted by Gasteiger charge is -2.59. The maximum absolute atomic E-state index is 6.30. The van der Waals surface area contributed by atoms with Crippen molar-refractivity contribution in [3.63, 3.8) is 0 Å². The Balaban J connectivity index is 1.22. The lowest BCUT2D eigenvalue weighted by atomic mass is 9.73. The Hall–Kier alpha value is -2.87. The molecule has 7 nitrogen and oxygen atoms in total. The van der Waals surface area contributed by atoms with Gasteiger partial charge in [-0.25, -0.2) is 4.98 Å². The van der Waals surface area contributed by atoms with E-state index in [4.69, 9.17) is 32.9 Å². The van der Waals surface area contributed by atoms with E-state index in [0.717, 1.165) is 41.1 Å². The fourth-order valence-corrected chi connectivity index (χ4v) is 5.97. The molecule has 174 valence electrons.